The number of nitrogens with zero attached hydrogens (tertiary/aromatic N) is 1. The molecule has 1 aliphatic heterocycles. The molecule has 2 aromatic rings. The predicted molar refractivity (Wildman–Crippen MR) is 97.8 cm³/mol. The number of aryl methyl sites for hydroxylation is 3. The van der Waals surface area contributed by atoms with Crippen molar-refractivity contribution in [2.24, 2.45) is 0 Å². The van der Waals surface area contributed by atoms with Gasteiger partial charge < -0.3 is 9.64 Å². The largest absolute Gasteiger partial charge is 0.493 e. The Kier molecular flexibility index (Phi) is 5.19. The lowest BCUT2D eigenvalue weighted by atomic mass is 10.0. The summed E-state index contributed by atoms with van der Waals surface area (Å²) in [7, 11) is 0. The summed E-state index contributed by atoms with van der Waals surface area (Å²) in [6, 6.07) is 14.4. The van der Waals surface area contributed by atoms with Crippen LogP contribution in [0.3, 0.4) is 0 Å². The fraction of sp³-hybridized carbons (Fsp3) is 0.381. The van der Waals surface area contributed by atoms with Crippen LogP contribution in [-0.4, -0.2) is 19.1 Å². The predicted octanol–water partition coefficient (Wildman–Crippen LogP) is 4.44. The molecular weight excluding hydrogens is 298 g/mol. The molecule has 3 rings (SSSR count). The van der Waals surface area contributed by atoms with Crippen LogP contribution in [0.1, 0.15) is 36.0 Å². The molecular formula is C21H25NO2. The Morgan fingerprint density at radius 2 is 2.00 bits per heavy atom. The highest BCUT2D eigenvalue weighted by Gasteiger charge is 2.21. The summed E-state index contributed by atoms with van der Waals surface area (Å²) in [6.45, 7) is 5.53. The normalized spacial score (nSPS) is 13.5. The molecule has 126 valence electrons. The number of carbonyl (C=O) groups is 1. The Bertz CT molecular complexity index is 724. The van der Waals surface area contributed by atoms with Gasteiger partial charge in [-0.1, -0.05) is 35.9 Å². The van der Waals surface area contributed by atoms with E-state index in [1.807, 2.05) is 23.1 Å². The summed E-state index contributed by atoms with van der Waals surface area (Å²) in [5.74, 6) is 1.11. The van der Waals surface area contributed by atoms with E-state index in [1.54, 1.807) is 0 Å². The molecule has 3 heteroatoms. The second kappa shape index (κ2) is 7.52. The molecule has 0 aromatic heterocycles. The Morgan fingerprint density at radius 3 is 2.83 bits per heavy atom. The Hall–Kier alpha value is -2.29. The van der Waals surface area contributed by atoms with Crippen molar-refractivity contribution in [1.29, 1.82) is 0 Å². The van der Waals surface area contributed by atoms with E-state index in [-0.39, 0.29) is 5.91 Å². The Labute approximate surface area is 144 Å². The highest BCUT2D eigenvalue weighted by molar-refractivity contribution is 5.94. The van der Waals surface area contributed by atoms with Crippen LogP contribution in [0.4, 0.5) is 5.69 Å². The van der Waals surface area contributed by atoms with Crippen molar-refractivity contribution in [2.45, 2.75) is 39.5 Å². The number of benzene rings is 2. The lowest BCUT2D eigenvalue weighted by Gasteiger charge is -2.29. The number of hydrogen-bond donors (Lipinski definition) is 0. The maximum atomic E-state index is 12.6. The van der Waals surface area contributed by atoms with Gasteiger partial charge in [0.05, 0.1) is 6.61 Å². The first-order chi connectivity index (χ1) is 11.6. The topological polar surface area (TPSA) is 29.5 Å². The molecule has 3 nitrogen and oxygen atoms in total. The molecule has 0 bridgehead atoms. The SMILES string of the molecule is Cc1ccc(OCCCC(=O)N2CCCc3ccccc32)c(C)c1. The van der Waals surface area contributed by atoms with Crippen LogP contribution in [0.5, 0.6) is 5.75 Å². The van der Waals surface area contributed by atoms with Crippen LogP contribution in [0, 0.1) is 13.8 Å². The van der Waals surface area contributed by atoms with Gasteiger partial charge in [-0.3, -0.25) is 4.79 Å². The summed E-state index contributed by atoms with van der Waals surface area (Å²) in [4.78, 5) is 14.5. The summed E-state index contributed by atoms with van der Waals surface area (Å²) >= 11 is 0. The molecule has 0 unspecified atom stereocenters. The number of ether oxygens (including phenoxy) is 1. The van der Waals surface area contributed by atoms with Crippen LogP contribution in [0.25, 0.3) is 0 Å². The number of anilines is 1. The first kappa shape index (κ1) is 16.6. The maximum absolute atomic E-state index is 12.6. The van der Waals surface area contributed by atoms with Gasteiger partial charge in [0.2, 0.25) is 5.91 Å². The van der Waals surface area contributed by atoms with E-state index in [9.17, 15) is 4.79 Å². The maximum Gasteiger partial charge on any atom is 0.227 e. The van der Waals surface area contributed by atoms with Crippen molar-refractivity contribution >= 4 is 11.6 Å². The number of amides is 1. The zero-order chi connectivity index (χ0) is 16.9. The fourth-order valence-corrected chi connectivity index (χ4v) is 3.29. The zero-order valence-corrected chi connectivity index (χ0v) is 14.5. The highest BCUT2D eigenvalue weighted by Crippen LogP contribution is 2.27. The summed E-state index contributed by atoms with van der Waals surface area (Å²) in [5.41, 5.74) is 4.75. The highest BCUT2D eigenvalue weighted by atomic mass is 16.5. The summed E-state index contributed by atoms with van der Waals surface area (Å²) in [6.07, 6.45) is 3.38. The van der Waals surface area contributed by atoms with Gasteiger partial charge in [0.25, 0.3) is 0 Å². The second-order valence-corrected chi connectivity index (χ2v) is 6.50. The third kappa shape index (κ3) is 3.78. The number of carbonyl (C=O) groups excluding carboxylic acids is 1. The monoisotopic (exact) mass is 323 g/mol. The molecule has 0 N–H and O–H groups in total. The van der Waals surface area contributed by atoms with Gasteiger partial charge in [-0.05, 0) is 56.4 Å². The van der Waals surface area contributed by atoms with Crippen LogP contribution >= 0.6 is 0 Å². The molecule has 1 amide bonds. The van der Waals surface area contributed by atoms with Gasteiger partial charge in [-0.15, -0.1) is 0 Å². The van der Waals surface area contributed by atoms with Crippen LogP contribution < -0.4 is 9.64 Å². The third-order valence-electron chi connectivity index (χ3n) is 4.53. The molecule has 0 aliphatic carbocycles. The van der Waals surface area contributed by atoms with E-state index in [2.05, 4.69) is 38.1 Å². The molecule has 1 aliphatic rings. The quantitative estimate of drug-likeness (QED) is 0.761. The third-order valence-corrected chi connectivity index (χ3v) is 4.53. The minimum Gasteiger partial charge on any atom is -0.493 e. The van der Waals surface area contributed by atoms with Gasteiger partial charge >= 0.3 is 0 Å². The lowest BCUT2D eigenvalue weighted by molar-refractivity contribution is -0.118. The molecule has 0 saturated heterocycles. The first-order valence-corrected chi connectivity index (χ1v) is 8.73. The average molecular weight is 323 g/mol. The minimum atomic E-state index is 0.200. The van der Waals surface area contributed by atoms with Crippen molar-refractivity contribution in [1.82, 2.24) is 0 Å². The van der Waals surface area contributed by atoms with E-state index < -0.39 is 0 Å². The molecule has 1 heterocycles. The van der Waals surface area contributed by atoms with E-state index >= 15 is 0 Å². The van der Waals surface area contributed by atoms with Crippen LogP contribution in [-0.2, 0) is 11.2 Å². The van der Waals surface area contributed by atoms with Crippen LogP contribution in [0.15, 0.2) is 42.5 Å². The van der Waals surface area contributed by atoms with Crippen molar-refractivity contribution in [3.63, 3.8) is 0 Å². The minimum absolute atomic E-state index is 0.200. The lowest BCUT2D eigenvalue weighted by Crippen LogP contribution is -2.35. The fourth-order valence-electron chi connectivity index (χ4n) is 3.29. The van der Waals surface area contributed by atoms with Gasteiger partial charge in [0.15, 0.2) is 0 Å². The van der Waals surface area contributed by atoms with Gasteiger partial charge in [-0.2, -0.15) is 0 Å². The summed E-state index contributed by atoms with van der Waals surface area (Å²) in [5, 5.41) is 0. The van der Waals surface area contributed by atoms with E-state index in [0.29, 0.717) is 13.0 Å². The number of rotatable bonds is 5. The number of hydrogen-bond acceptors (Lipinski definition) is 2. The van der Waals surface area contributed by atoms with E-state index in [1.165, 1.54) is 11.1 Å². The van der Waals surface area contributed by atoms with Gasteiger partial charge in [0.1, 0.15) is 5.75 Å². The van der Waals surface area contributed by atoms with Gasteiger partial charge in [-0.25, -0.2) is 0 Å². The molecule has 0 saturated carbocycles. The van der Waals surface area contributed by atoms with Crippen molar-refractivity contribution in [3.05, 3.63) is 59.2 Å². The van der Waals surface area contributed by atoms with Crippen molar-refractivity contribution in [3.8, 4) is 5.75 Å². The average Bonchev–Trinajstić information content (AvgIpc) is 2.59. The van der Waals surface area contributed by atoms with E-state index in [0.717, 1.165) is 42.8 Å². The first-order valence-electron chi connectivity index (χ1n) is 8.73. The second-order valence-electron chi connectivity index (χ2n) is 6.50. The van der Waals surface area contributed by atoms with Crippen molar-refractivity contribution < 1.29 is 9.53 Å². The molecule has 0 radical (unpaired) electrons. The molecule has 2 aromatic carbocycles. The van der Waals surface area contributed by atoms with E-state index in [4.69, 9.17) is 4.74 Å². The summed E-state index contributed by atoms with van der Waals surface area (Å²) < 4.78 is 5.83. The van der Waals surface area contributed by atoms with Crippen LogP contribution in [0.2, 0.25) is 0 Å². The molecule has 0 spiro atoms. The smallest absolute Gasteiger partial charge is 0.227 e. The molecule has 0 fully saturated rings. The van der Waals surface area contributed by atoms with Gasteiger partial charge in [0, 0.05) is 18.7 Å². The Balaban J connectivity index is 1.51. The Morgan fingerprint density at radius 1 is 1.17 bits per heavy atom. The van der Waals surface area contributed by atoms with Crippen molar-refractivity contribution in [2.75, 3.05) is 18.1 Å². The molecule has 24 heavy (non-hydrogen) atoms. The number of fused-ring (bicyclic) bond motifs is 1. The zero-order valence-electron chi connectivity index (χ0n) is 14.5. The number of para-hydroxylation sites is 1. The molecule has 0 atom stereocenters. The standard InChI is InChI=1S/C21H25NO2/c1-16-11-12-20(17(2)15-16)24-14-6-10-21(23)22-13-5-8-18-7-3-4-9-19(18)22/h3-4,7,9,11-12,15H,5-6,8,10,13-14H2,1-2H3.